The molecule has 2 heterocycles. The molecule has 106 valence electrons. The molecule has 2 aliphatic heterocycles. The summed E-state index contributed by atoms with van der Waals surface area (Å²) in [5.41, 5.74) is 0. The quantitative estimate of drug-likeness (QED) is 0.651. The van der Waals surface area contributed by atoms with Crippen molar-refractivity contribution in [1.29, 1.82) is 0 Å². The summed E-state index contributed by atoms with van der Waals surface area (Å²) in [6.07, 6.45) is 14.3. The van der Waals surface area contributed by atoms with Gasteiger partial charge in [-0.05, 0) is 77.8 Å². The molecule has 18 heavy (non-hydrogen) atoms. The molecule has 0 aromatic rings. The summed E-state index contributed by atoms with van der Waals surface area (Å²) in [5.74, 6) is 0. The van der Waals surface area contributed by atoms with E-state index in [-0.39, 0.29) is 0 Å². The Balaban J connectivity index is 1.89. The Morgan fingerprint density at radius 1 is 0.278 bits per heavy atom. The van der Waals surface area contributed by atoms with Gasteiger partial charge in [0.05, 0.1) is 0 Å². The van der Waals surface area contributed by atoms with E-state index in [0.717, 1.165) is 0 Å². The van der Waals surface area contributed by atoms with Gasteiger partial charge in [-0.25, -0.2) is 0 Å². The van der Waals surface area contributed by atoms with Crippen LogP contribution in [0.15, 0.2) is 0 Å². The second-order valence-corrected chi connectivity index (χ2v) is 6.22. The first-order valence-corrected chi connectivity index (χ1v) is 8.40. The van der Waals surface area contributed by atoms with Crippen molar-refractivity contribution in [3.05, 3.63) is 0 Å². The van der Waals surface area contributed by atoms with Gasteiger partial charge in [0, 0.05) is 0 Å². The van der Waals surface area contributed by atoms with Crippen molar-refractivity contribution >= 4 is 0 Å². The van der Waals surface area contributed by atoms with E-state index in [2.05, 4.69) is 9.80 Å². The summed E-state index contributed by atoms with van der Waals surface area (Å²) in [5, 5.41) is 0. The maximum absolute atomic E-state index is 2.74. The average Bonchev–Trinajstić information content (AvgIpc) is 2.36. The molecule has 2 rings (SSSR count). The van der Waals surface area contributed by atoms with E-state index in [1.54, 1.807) is 0 Å². The van der Waals surface area contributed by atoms with Gasteiger partial charge in [-0.1, -0.05) is 25.7 Å². The number of hydrogen-bond acceptors (Lipinski definition) is 2. The zero-order chi connectivity index (χ0) is 12.5. The highest BCUT2D eigenvalue weighted by Gasteiger charge is 2.10. The number of rotatable bonds is 0. The van der Waals surface area contributed by atoms with E-state index in [1.807, 2.05) is 0 Å². The number of nitrogens with zero attached hydrogens (tertiary/aromatic N) is 2. The Morgan fingerprint density at radius 3 is 0.778 bits per heavy atom. The summed E-state index contributed by atoms with van der Waals surface area (Å²) < 4.78 is 0. The third-order valence-corrected chi connectivity index (χ3v) is 4.60. The molecule has 0 atom stereocenters. The van der Waals surface area contributed by atoms with Crippen LogP contribution in [0.2, 0.25) is 0 Å². The van der Waals surface area contributed by atoms with E-state index in [0.29, 0.717) is 0 Å². The molecule has 0 aliphatic carbocycles. The molecular weight excluding hydrogens is 220 g/mol. The summed E-state index contributed by atoms with van der Waals surface area (Å²) in [6, 6.07) is 0. The van der Waals surface area contributed by atoms with Crippen LogP contribution in [0.1, 0.15) is 64.2 Å². The molecule has 0 radical (unpaired) electrons. The highest BCUT2D eigenvalue weighted by Crippen LogP contribution is 2.12. The second kappa shape index (κ2) is 8.92. The van der Waals surface area contributed by atoms with Gasteiger partial charge in [0.2, 0.25) is 0 Å². The van der Waals surface area contributed by atoms with Gasteiger partial charge in [0.15, 0.2) is 0 Å². The molecular formula is C16H32N2. The Bertz CT molecular complexity index is 167. The SMILES string of the molecule is C1CCCN2CCCCCCN(CC1)CCCC2. The van der Waals surface area contributed by atoms with E-state index >= 15 is 0 Å². The smallest absolute Gasteiger partial charge is 0.00183 e. The molecule has 0 spiro atoms. The number of fused-ring (bicyclic) bond motifs is 5. The lowest BCUT2D eigenvalue weighted by atomic mass is 10.1. The van der Waals surface area contributed by atoms with Crippen LogP contribution in [0.3, 0.4) is 0 Å². The monoisotopic (exact) mass is 252 g/mol. The van der Waals surface area contributed by atoms with Crippen LogP contribution in [0, 0.1) is 0 Å². The Labute approximate surface area is 114 Å². The molecule has 2 fully saturated rings. The second-order valence-electron chi connectivity index (χ2n) is 6.22. The van der Waals surface area contributed by atoms with Crippen LogP contribution in [0.25, 0.3) is 0 Å². The van der Waals surface area contributed by atoms with Gasteiger partial charge in [0.1, 0.15) is 0 Å². The molecule has 2 heteroatoms. The van der Waals surface area contributed by atoms with Crippen LogP contribution in [0.4, 0.5) is 0 Å². The highest BCUT2D eigenvalue weighted by atomic mass is 15.1. The molecule has 2 saturated heterocycles. The fraction of sp³-hybridized carbons (Fsp3) is 1.00. The molecule has 2 nitrogen and oxygen atoms in total. The summed E-state index contributed by atoms with van der Waals surface area (Å²) in [7, 11) is 0. The molecule has 2 bridgehead atoms. The van der Waals surface area contributed by atoms with E-state index in [1.165, 1.54) is 103 Å². The molecule has 2 aliphatic rings. The van der Waals surface area contributed by atoms with Gasteiger partial charge >= 0.3 is 0 Å². The molecule has 0 saturated carbocycles. The normalized spacial score (nSPS) is 33.3. The van der Waals surface area contributed by atoms with Crippen LogP contribution in [-0.2, 0) is 0 Å². The molecule has 0 aromatic carbocycles. The standard InChI is InChI=1S/C16H32N2/c1-2-6-12-18-14-8-4-3-7-13-17(11-5-1)15-9-10-16-18/h1-16H2. The van der Waals surface area contributed by atoms with Crippen molar-refractivity contribution in [2.45, 2.75) is 64.2 Å². The van der Waals surface area contributed by atoms with E-state index in [4.69, 9.17) is 0 Å². The fourth-order valence-corrected chi connectivity index (χ4v) is 3.39. The van der Waals surface area contributed by atoms with Crippen LogP contribution >= 0.6 is 0 Å². The van der Waals surface area contributed by atoms with Crippen LogP contribution in [-0.4, -0.2) is 49.1 Å². The van der Waals surface area contributed by atoms with Crippen molar-refractivity contribution in [2.24, 2.45) is 0 Å². The Morgan fingerprint density at radius 2 is 0.500 bits per heavy atom. The van der Waals surface area contributed by atoms with Crippen LogP contribution < -0.4 is 0 Å². The van der Waals surface area contributed by atoms with Crippen molar-refractivity contribution in [1.82, 2.24) is 9.80 Å². The lowest BCUT2D eigenvalue weighted by Crippen LogP contribution is -2.31. The van der Waals surface area contributed by atoms with Crippen LogP contribution in [0.5, 0.6) is 0 Å². The Kier molecular flexibility index (Phi) is 7.11. The molecule has 0 aromatic heterocycles. The van der Waals surface area contributed by atoms with Crippen molar-refractivity contribution in [2.75, 3.05) is 39.3 Å². The summed E-state index contributed by atoms with van der Waals surface area (Å²) in [4.78, 5) is 5.49. The molecule has 0 N–H and O–H groups in total. The minimum absolute atomic E-state index is 1.36. The van der Waals surface area contributed by atoms with Gasteiger partial charge in [-0.2, -0.15) is 0 Å². The molecule has 0 unspecified atom stereocenters. The fourth-order valence-electron chi connectivity index (χ4n) is 3.39. The lowest BCUT2D eigenvalue weighted by Gasteiger charge is -2.27. The highest BCUT2D eigenvalue weighted by molar-refractivity contribution is 4.66. The topological polar surface area (TPSA) is 6.48 Å². The maximum atomic E-state index is 2.74. The first kappa shape index (κ1) is 14.3. The third-order valence-electron chi connectivity index (χ3n) is 4.60. The minimum Gasteiger partial charge on any atom is -0.303 e. The van der Waals surface area contributed by atoms with E-state index in [9.17, 15) is 0 Å². The summed E-state index contributed by atoms with van der Waals surface area (Å²) in [6.45, 7) is 8.17. The number of hydrogen-bond donors (Lipinski definition) is 0. The Hall–Kier alpha value is -0.0800. The maximum Gasteiger partial charge on any atom is -0.00183 e. The predicted molar refractivity (Wildman–Crippen MR) is 79.1 cm³/mol. The van der Waals surface area contributed by atoms with Crippen molar-refractivity contribution in [3.63, 3.8) is 0 Å². The van der Waals surface area contributed by atoms with Crippen molar-refractivity contribution < 1.29 is 0 Å². The zero-order valence-corrected chi connectivity index (χ0v) is 12.2. The predicted octanol–water partition coefficient (Wildman–Crippen LogP) is 3.52. The summed E-state index contributed by atoms with van der Waals surface area (Å²) >= 11 is 0. The first-order valence-electron chi connectivity index (χ1n) is 8.40. The zero-order valence-electron chi connectivity index (χ0n) is 12.2. The van der Waals surface area contributed by atoms with Gasteiger partial charge < -0.3 is 9.80 Å². The van der Waals surface area contributed by atoms with Gasteiger partial charge in [0.25, 0.3) is 0 Å². The average molecular weight is 252 g/mol. The third kappa shape index (κ3) is 5.71. The van der Waals surface area contributed by atoms with Gasteiger partial charge in [-0.3, -0.25) is 0 Å². The minimum atomic E-state index is 1.36. The van der Waals surface area contributed by atoms with Crippen molar-refractivity contribution in [3.8, 4) is 0 Å². The van der Waals surface area contributed by atoms with Gasteiger partial charge in [-0.15, -0.1) is 0 Å². The molecule has 0 amide bonds. The first-order chi connectivity index (χ1) is 8.95. The van der Waals surface area contributed by atoms with E-state index < -0.39 is 0 Å². The largest absolute Gasteiger partial charge is 0.303 e. The lowest BCUT2D eigenvalue weighted by molar-refractivity contribution is 0.212.